The summed E-state index contributed by atoms with van der Waals surface area (Å²) in [5, 5.41) is 3.32. The molecule has 0 unspecified atom stereocenters. The molecule has 1 aliphatic rings. The Hall–Kier alpha value is -3.77. The van der Waals surface area contributed by atoms with Crippen LogP contribution in [0.15, 0.2) is 66.7 Å². The second-order valence-corrected chi connectivity index (χ2v) is 7.79. The van der Waals surface area contributed by atoms with E-state index in [1.165, 1.54) is 18.2 Å². The Morgan fingerprint density at radius 1 is 0.875 bits per heavy atom. The molecule has 0 saturated heterocycles. The lowest BCUT2D eigenvalue weighted by Gasteiger charge is -2.19. The molecule has 32 heavy (non-hydrogen) atoms. The number of fused-ring (bicyclic) bond motifs is 2. The second-order valence-electron chi connectivity index (χ2n) is 7.35. The predicted octanol–water partition coefficient (Wildman–Crippen LogP) is 4.15. The van der Waals surface area contributed by atoms with Crippen LogP contribution in [0.5, 0.6) is 0 Å². The van der Waals surface area contributed by atoms with Crippen molar-refractivity contribution in [3.8, 4) is 0 Å². The molecule has 0 heterocycles. The van der Waals surface area contributed by atoms with Crippen LogP contribution in [0.2, 0.25) is 5.02 Å². The average Bonchev–Trinajstić information content (AvgIpc) is 2.81. The van der Waals surface area contributed by atoms with Gasteiger partial charge in [0.05, 0.1) is 11.6 Å². The Bertz CT molecular complexity index is 1250. The van der Waals surface area contributed by atoms with Gasteiger partial charge in [-0.2, -0.15) is 0 Å². The molecule has 6 nitrogen and oxygen atoms in total. The highest BCUT2D eigenvalue weighted by Gasteiger charge is 2.33. The molecule has 0 aromatic heterocycles. The third-order valence-corrected chi connectivity index (χ3v) is 5.51. The van der Waals surface area contributed by atoms with Gasteiger partial charge in [-0.05, 0) is 30.7 Å². The van der Waals surface area contributed by atoms with Crippen molar-refractivity contribution in [2.75, 3.05) is 6.61 Å². The van der Waals surface area contributed by atoms with Crippen LogP contribution >= 0.6 is 11.6 Å². The summed E-state index contributed by atoms with van der Waals surface area (Å²) in [6, 6.07) is 17.6. The van der Waals surface area contributed by atoms with Crippen molar-refractivity contribution in [2.45, 2.75) is 13.0 Å². The van der Waals surface area contributed by atoms with Crippen molar-refractivity contribution in [3.63, 3.8) is 0 Å². The predicted molar refractivity (Wildman–Crippen MR) is 118 cm³/mol. The summed E-state index contributed by atoms with van der Waals surface area (Å²) in [5.74, 6) is -2.11. The molecule has 4 rings (SSSR count). The molecule has 0 aliphatic heterocycles. The third-order valence-electron chi connectivity index (χ3n) is 5.25. The van der Waals surface area contributed by atoms with E-state index >= 15 is 0 Å². The van der Waals surface area contributed by atoms with Gasteiger partial charge in [0.25, 0.3) is 5.91 Å². The van der Waals surface area contributed by atoms with Gasteiger partial charge in [0.2, 0.25) is 0 Å². The van der Waals surface area contributed by atoms with Crippen molar-refractivity contribution < 1.29 is 23.9 Å². The van der Waals surface area contributed by atoms with Crippen LogP contribution in [-0.4, -0.2) is 30.0 Å². The van der Waals surface area contributed by atoms with Crippen LogP contribution < -0.4 is 5.32 Å². The highest BCUT2D eigenvalue weighted by Crippen LogP contribution is 2.29. The van der Waals surface area contributed by atoms with E-state index in [1.807, 2.05) is 0 Å². The summed E-state index contributed by atoms with van der Waals surface area (Å²) in [7, 11) is 0. The van der Waals surface area contributed by atoms with Gasteiger partial charge in [-0.1, -0.05) is 60.1 Å². The molecule has 0 saturated carbocycles. The van der Waals surface area contributed by atoms with Crippen LogP contribution in [0.4, 0.5) is 0 Å². The fourth-order valence-corrected chi connectivity index (χ4v) is 3.77. The minimum absolute atomic E-state index is 0.00357. The van der Waals surface area contributed by atoms with Gasteiger partial charge in [-0.3, -0.25) is 14.4 Å². The number of esters is 1. The van der Waals surface area contributed by atoms with E-state index < -0.39 is 24.3 Å². The Balaban J connectivity index is 1.48. The van der Waals surface area contributed by atoms with Gasteiger partial charge in [0, 0.05) is 27.3 Å². The molecule has 0 bridgehead atoms. The highest BCUT2D eigenvalue weighted by molar-refractivity contribution is 6.31. The lowest BCUT2D eigenvalue weighted by atomic mass is 9.82. The summed E-state index contributed by atoms with van der Waals surface area (Å²) in [4.78, 5) is 50.8. The number of ether oxygens (including phenoxy) is 1. The quantitative estimate of drug-likeness (QED) is 0.464. The van der Waals surface area contributed by atoms with Crippen LogP contribution in [0.1, 0.15) is 60.7 Å². The third kappa shape index (κ3) is 4.05. The SMILES string of the molecule is C[C@H](NC(=O)COC(=O)c1cccc2c1C(=O)c1ccccc1C2=O)c1ccc(Cl)cc1. The van der Waals surface area contributed by atoms with Crippen molar-refractivity contribution in [1.82, 2.24) is 5.32 Å². The summed E-state index contributed by atoms with van der Waals surface area (Å²) in [6.45, 7) is 1.26. The van der Waals surface area contributed by atoms with E-state index in [9.17, 15) is 19.2 Å². The van der Waals surface area contributed by atoms with Gasteiger partial charge < -0.3 is 10.1 Å². The van der Waals surface area contributed by atoms with Crippen LogP contribution in [0.25, 0.3) is 0 Å². The van der Waals surface area contributed by atoms with Crippen molar-refractivity contribution in [3.05, 3.63) is 105 Å². The molecule has 1 N–H and O–H groups in total. The van der Waals surface area contributed by atoms with Gasteiger partial charge in [-0.15, -0.1) is 0 Å². The average molecular weight is 448 g/mol. The van der Waals surface area contributed by atoms with E-state index in [0.29, 0.717) is 10.6 Å². The maximum absolute atomic E-state index is 13.0. The number of carbonyl (C=O) groups excluding carboxylic acids is 4. The second kappa shape index (κ2) is 8.77. The van der Waals surface area contributed by atoms with E-state index in [2.05, 4.69) is 5.32 Å². The van der Waals surface area contributed by atoms with Crippen molar-refractivity contribution >= 4 is 35.0 Å². The number of benzene rings is 3. The smallest absolute Gasteiger partial charge is 0.339 e. The summed E-state index contributed by atoms with van der Waals surface area (Å²) < 4.78 is 5.15. The minimum Gasteiger partial charge on any atom is -0.452 e. The van der Waals surface area contributed by atoms with Crippen LogP contribution in [0, 0.1) is 0 Å². The zero-order valence-corrected chi connectivity index (χ0v) is 17.8. The molecule has 0 fully saturated rings. The van der Waals surface area contributed by atoms with Gasteiger partial charge in [0.15, 0.2) is 18.2 Å². The molecule has 1 atom stereocenters. The number of carbonyl (C=O) groups is 4. The zero-order valence-electron chi connectivity index (χ0n) is 17.1. The molecule has 160 valence electrons. The maximum Gasteiger partial charge on any atom is 0.339 e. The molecular formula is C25H18ClNO5. The summed E-state index contributed by atoms with van der Waals surface area (Å²) in [6.07, 6.45) is 0. The van der Waals surface area contributed by atoms with E-state index in [4.69, 9.17) is 16.3 Å². The molecule has 1 aliphatic carbocycles. The normalized spacial score (nSPS) is 13.1. The topological polar surface area (TPSA) is 89.5 Å². The first-order chi connectivity index (χ1) is 15.4. The first kappa shape index (κ1) is 21.5. The Morgan fingerprint density at radius 2 is 1.50 bits per heavy atom. The van der Waals surface area contributed by atoms with Gasteiger partial charge >= 0.3 is 5.97 Å². The monoisotopic (exact) mass is 447 g/mol. The number of halogens is 1. The maximum atomic E-state index is 13.0. The molecular weight excluding hydrogens is 430 g/mol. The number of hydrogen-bond acceptors (Lipinski definition) is 5. The molecule has 1 amide bonds. The number of amides is 1. The lowest BCUT2D eigenvalue weighted by molar-refractivity contribution is -0.124. The van der Waals surface area contributed by atoms with E-state index in [1.54, 1.807) is 55.5 Å². The largest absolute Gasteiger partial charge is 0.452 e. The zero-order chi connectivity index (χ0) is 22.8. The van der Waals surface area contributed by atoms with Crippen molar-refractivity contribution in [1.29, 1.82) is 0 Å². The Kier molecular flexibility index (Phi) is 5.88. The van der Waals surface area contributed by atoms with E-state index in [0.717, 1.165) is 5.56 Å². The number of ketones is 2. The molecule has 3 aromatic rings. The van der Waals surface area contributed by atoms with E-state index in [-0.39, 0.29) is 34.1 Å². The number of rotatable bonds is 5. The summed E-state index contributed by atoms with van der Waals surface area (Å²) in [5.41, 5.74) is 1.47. The molecule has 7 heteroatoms. The molecule has 0 spiro atoms. The first-order valence-electron chi connectivity index (χ1n) is 9.90. The van der Waals surface area contributed by atoms with Crippen LogP contribution in [-0.2, 0) is 9.53 Å². The Morgan fingerprint density at radius 3 is 2.19 bits per heavy atom. The molecule has 0 radical (unpaired) electrons. The summed E-state index contributed by atoms with van der Waals surface area (Å²) >= 11 is 5.87. The molecule has 3 aromatic carbocycles. The van der Waals surface area contributed by atoms with Crippen LogP contribution in [0.3, 0.4) is 0 Å². The van der Waals surface area contributed by atoms with Gasteiger partial charge in [-0.25, -0.2) is 4.79 Å². The highest BCUT2D eigenvalue weighted by atomic mass is 35.5. The fourth-order valence-electron chi connectivity index (χ4n) is 3.64. The fraction of sp³-hybridized carbons (Fsp3) is 0.120. The standard InChI is InChI=1S/C25H18ClNO5/c1-14(15-9-11-16(26)12-10-15)27-21(28)13-32-25(31)20-8-4-7-19-22(20)24(30)18-6-3-2-5-17(18)23(19)29/h2-12,14H,13H2,1H3,(H,27,28)/t14-/m0/s1. The van der Waals surface area contributed by atoms with Crippen molar-refractivity contribution in [2.24, 2.45) is 0 Å². The Labute approximate surface area is 189 Å². The first-order valence-corrected chi connectivity index (χ1v) is 10.3. The minimum atomic E-state index is -0.850. The lowest BCUT2D eigenvalue weighted by Crippen LogP contribution is -2.31. The number of hydrogen-bond donors (Lipinski definition) is 1. The number of nitrogens with one attached hydrogen (secondary N) is 1. The van der Waals surface area contributed by atoms with Gasteiger partial charge in [0.1, 0.15) is 0 Å².